The van der Waals surface area contributed by atoms with Crippen molar-refractivity contribution in [2.45, 2.75) is 31.6 Å². The van der Waals surface area contributed by atoms with Crippen molar-refractivity contribution in [1.29, 1.82) is 5.26 Å². The molecule has 0 N–H and O–H groups in total. The SMILES string of the molecule is Cc1ccc(-c2noc(CSc3nc(C)cc(C)c3C#N)n2)cc1. The molecule has 0 amide bonds. The van der Waals surface area contributed by atoms with Gasteiger partial charge in [-0.05, 0) is 32.4 Å². The zero-order valence-electron chi connectivity index (χ0n) is 13.7. The van der Waals surface area contributed by atoms with Crippen LogP contribution in [-0.2, 0) is 5.75 Å². The summed E-state index contributed by atoms with van der Waals surface area (Å²) in [6.07, 6.45) is 0. The van der Waals surface area contributed by atoms with Gasteiger partial charge in [-0.25, -0.2) is 4.98 Å². The maximum absolute atomic E-state index is 9.31. The molecule has 0 saturated carbocycles. The Balaban J connectivity index is 1.77. The Hall–Kier alpha value is -2.65. The zero-order chi connectivity index (χ0) is 17.1. The van der Waals surface area contributed by atoms with Gasteiger partial charge in [-0.3, -0.25) is 0 Å². The largest absolute Gasteiger partial charge is 0.338 e. The summed E-state index contributed by atoms with van der Waals surface area (Å²) in [6, 6.07) is 12.1. The number of rotatable bonds is 4. The van der Waals surface area contributed by atoms with Crippen molar-refractivity contribution < 1.29 is 4.52 Å². The molecule has 3 aromatic rings. The van der Waals surface area contributed by atoms with Gasteiger partial charge < -0.3 is 4.52 Å². The van der Waals surface area contributed by atoms with E-state index in [-0.39, 0.29) is 0 Å². The maximum Gasteiger partial charge on any atom is 0.237 e. The van der Waals surface area contributed by atoms with E-state index in [0.717, 1.165) is 16.8 Å². The van der Waals surface area contributed by atoms with Crippen LogP contribution in [0.15, 0.2) is 39.9 Å². The summed E-state index contributed by atoms with van der Waals surface area (Å²) in [4.78, 5) is 8.86. The molecule has 0 aliphatic heterocycles. The van der Waals surface area contributed by atoms with Crippen LogP contribution in [0.2, 0.25) is 0 Å². The first-order chi connectivity index (χ1) is 11.6. The first kappa shape index (κ1) is 16.2. The van der Waals surface area contributed by atoms with Crippen LogP contribution in [0.3, 0.4) is 0 Å². The molecule has 0 fully saturated rings. The average molecular weight is 336 g/mol. The molecule has 24 heavy (non-hydrogen) atoms. The number of thioether (sulfide) groups is 1. The Bertz CT molecular complexity index is 910. The Kier molecular flexibility index (Phi) is 4.63. The molecule has 6 heteroatoms. The second kappa shape index (κ2) is 6.85. The van der Waals surface area contributed by atoms with Crippen LogP contribution >= 0.6 is 11.8 Å². The van der Waals surface area contributed by atoms with Gasteiger partial charge in [0.05, 0.1) is 11.3 Å². The minimum atomic E-state index is 0.476. The molecule has 0 aliphatic rings. The Morgan fingerprint density at radius 3 is 2.58 bits per heavy atom. The van der Waals surface area contributed by atoms with Crippen LogP contribution in [0.25, 0.3) is 11.4 Å². The minimum Gasteiger partial charge on any atom is -0.338 e. The van der Waals surface area contributed by atoms with Crippen molar-refractivity contribution in [3.8, 4) is 17.5 Å². The van der Waals surface area contributed by atoms with Crippen molar-refractivity contribution in [3.05, 3.63) is 58.6 Å². The van der Waals surface area contributed by atoms with E-state index in [1.165, 1.54) is 17.3 Å². The van der Waals surface area contributed by atoms with Gasteiger partial charge in [0.2, 0.25) is 11.7 Å². The second-order valence-corrected chi connectivity index (χ2v) is 6.50. The Morgan fingerprint density at radius 1 is 1.12 bits per heavy atom. The lowest BCUT2D eigenvalue weighted by Gasteiger charge is -2.05. The normalized spacial score (nSPS) is 10.6. The predicted molar refractivity (Wildman–Crippen MR) is 92.5 cm³/mol. The summed E-state index contributed by atoms with van der Waals surface area (Å²) >= 11 is 1.43. The third-order valence-corrected chi connectivity index (χ3v) is 4.49. The summed E-state index contributed by atoms with van der Waals surface area (Å²) in [5.41, 5.74) is 4.52. The van der Waals surface area contributed by atoms with Crippen LogP contribution in [0.5, 0.6) is 0 Å². The number of benzene rings is 1. The molecular formula is C18H16N4OS. The molecule has 0 spiro atoms. The zero-order valence-corrected chi connectivity index (χ0v) is 14.5. The van der Waals surface area contributed by atoms with E-state index in [2.05, 4.69) is 21.2 Å². The van der Waals surface area contributed by atoms with Crippen LogP contribution in [-0.4, -0.2) is 15.1 Å². The van der Waals surface area contributed by atoms with E-state index in [9.17, 15) is 5.26 Å². The van der Waals surface area contributed by atoms with E-state index < -0.39 is 0 Å². The molecule has 0 atom stereocenters. The molecule has 5 nitrogen and oxygen atoms in total. The van der Waals surface area contributed by atoms with E-state index in [0.29, 0.717) is 28.1 Å². The fourth-order valence-corrected chi connectivity index (χ4v) is 3.24. The Morgan fingerprint density at radius 2 is 1.88 bits per heavy atom. The van der Waals surface area contributed by atoms with Crippen molar-refractivity contribution >= 4 is 11.8 Å². The second-order valence-electron chi connectivity index (χ2n) is 5.54. The van der Waals surface area contributed by atoms with E-state index in [1.807, 2.05) is 51.1 Å². The molecule has 3 rings (SSSR count). The topological polar surface area (TPSA) is 75.6 Å². The van der Waals surface area contributed by atoms with Crippen LogP contribution in [0.1, 0.15) is 28.3 Å². The first-order valence-corrected chi connectivity index (χ1v) is 8.46. The summed E-state index contributed by atoms with van der Waals surface area (Å²) in [5, 5.41) is 14.0. The van der Waals surface area contributed by atoms with Gasteiger partial charge >= 0.3 is 0 Å². The number of hydrogen-bond donors (Lipinski definition) is 0. The quantitative estimate of drug-likeness (QED) is 0.664. The van der Waals surface area contributed by atoms with E-state index >= 15 is 0 Å². The number of pyridine rings is 1. The highest BCUT2D eigenvalue weighted by atomic mass is 32.2. The maximum atomic E-state index is 9.31. The van der Waals surface area contributed by atoms with Gasteiger partial charge in [0.25, 0.3) is 0 Å². The van der Waals surface area contributed by atoms with Crippen LogP contribution in [0.4, 0.5) is 0 Å². The highest BCUT2D eigenvalue weighted by molar-refractivity contribution is 7.98. The van der Waals surface area contributed by atoms with E-state index in [4.69, 9.17) is 4.52 Å². The van der Waals surface area contributed by atoms with Gasteiger partial charge in [-0.15, -0.1) is 0 Å². The monoisotopic (exact) mass is 336 g/mol. The first-order valence-electron chi connectivity index (χ1n) is 7.47. The third-order valence-electron chi connectivity index (χ3n) is 3.53. The lowest BCUT2D eigenvalue weighted by Crippen LogP contribution is -1.94. The van der Waals surface area contributed by atoms with Crippen molar-refractivity contribution in [1.82, 2.24) is 15.1 Å². The Labute approximate surface area is 144 Å². The molecule has 2 heterocycles. The average Bonchev–Trinajstić information content (AvgIpc) is 3.02. The van der Waals surface area contributed by atoms with Gasteiger partial charge in [0, 0.05) is 11.3 Å². The van der Waals surface area contributed by atoms with Crippen molar-refractivity contribution in [2.75, 3.05) is 0 Å². The minimum absolute atomic E-state index is 0.476. The van der Waals surface area contributed by atoms with Crippen molar-refractivity contribution in [3.63, 3.8) is 0 Å². The molecule has 0 radical (unpaired) electrons. The lowest BCUT2D eigenvalue weighted by atomic mass is 10.1. The lowest BCUT2D eigenvalue weighted by molar-refractivity contribution is 0.391. The molecule has 0 bridgehead atoms. The molecule has 0 saturated heterocycles. The van der Waals surface area contributed by atoms with E-state index in [1.54, 1.807) is 0 Å². The summed E-state index contributed by atoms with van der Waals surface area (Å²) in [7, 11) is 0. The predicted octanol–water partition coefficient (Wildman–Crippen LogP) is 4.22. The number of nitrogens with zero attached hydrogens (tertiary/aromatic N) is 4. The van der Waals surface area contributed by atoms with Gasteiger partial charge in [0.15, 0.2) is 0 Å². The molecule has 2 aromatic heterocycles. The fourth-order valence-electron chi connectivity index (χ4n) is 2.31. The number of aryl methyl sites for hydroxylation is 3. The summed E-state index contributed by atoms with van der Waals surface area (Å²) < 4.78 is 5.31. The van der Waals surface area contributed by atoms with Crippen LogP contribution in [0, 0.1) is 32.1 Å². The number of hydrogen-bond acceptors (Lipinski definition) is 6. The van der Waals surface area contributed by atoms with Gasteiger partial charge in [-0.1, -0.05) is 46.7 Å². The van der Waals surface area contributed by atoms with Gasteiger partial charge in [-0.2, -0.15) is 10.2 Å². The number of aromatic nitrogens is 3. The standard InChI is InChI=1S/C18H16N4OS/c1-11-4-6-14(7-5-11)17-21-16(23-22-17)10-24-18-15(9-19)12(2)8-13(3)20-18/h4-8H,10H2,1-3H3. The van der Waals surface area contributed by atoms with Crippen molar-refractivity contribution in [2.24, 2.45) is 0 Å². The summed E-state index contributed by atoms with van der Waals surface area (Å²) in [6.45, 7) is 5.87. The highest BCUT2D eigenvalue weighted by Crippen LogP contribution is 2.27. The van der Waals surface area contributed by atoms with Gasteiger partial charge in [0.1, 0.15) is 11.1 Å². The third kappa shape index (κ3) is 3.47. The molecule has 0 aliphatic carbocycles. The summed E-state index contributed by atoms with van der Waals surface area (Å²) in [5.74, 6) is 1.56. The molecular weight excluding hydrogens is 320 g/mol. The molecule has 0 unspecified atom stereocenters. The highest BCUT2D eigenvalue weighted by Gasteiger charge is 2.13. The molecule has 1 aromatic carbocycles. The van der Waals surface area contributed by atoms with Crippen LogP contribution < -0.4 is 0 Å². The fraction of sp³-hybridized carbons (Fsp3) is 0.222. The number of nitriles is 1. The molecule has 120 valence electrons. The smallest absolute Gasteiger partial charge is 0.237 e.